The number of hydrogen-bond donors (Lipinski definition) is 1. The summed E-state index contributed by atoms with van der Waals surface area (Å²) in [6.07, 6.45) is 1.64. The van der Waals surface area contributed by atoms with Gasteiger partial charge in [-0.1, -0.05) is 18.2 Å². The predicted octanol–water partition coefficient (Wildman–Crippen LogP) is 2.60. The Bertz CT molecular complexity index is 1100. The van der Waals surface area contributed by atoms with Crippen LogP contribution < -0.4 is 5.32 Å². The highest BCUT2D eigenvalue weighted by Gasteiger charge is 2.37. The number of fused-ring (bicyclic) bond motifs is 1. The molecule has 7 nitrogen and oxygen atoms in total. The predicted molar refractivity (Wildman–Crippen MR) is 107 cm³/mol. The SMILES string of the molecule is Cc1nc2c(C)cccc2cc1C(=O)N1CC(C(=O)Nc2cnn(C)c2C)C1. The molecule has 0 aliphatic carbocycles. The number of aryl methyl sites for hydroxylation is 3. The largest absolute Gasteiger partial charge is 0.337 e. The van der Waals surface area contributed by atoms with Crippen LogP contribution in [-0.2, 0) is 11.8 Å². The maximum Gasteiger partial charge on any atom is 0.255 e. The van der Waals surface area contributed by atoms with Gasteiger partial charge in [-0.2, -0.15) is 5.10 Å². The molecule has 0 atom stereocenters. The first-order valence-corrected chi connectivity index (χ1v) is 9.31. The highest BCUT2D eigenvalue weighted by atomic mass is 16.2. The summed E-state index contributed by atoms with van der Waals surface area (Å²) in [4.78, 5) is 31.7. The van der Waals surface area contributed by atoms with Crippen LogP contribution in [0.25, 0.3) is 10.9 Å². The Balaban J connectivity index is 1.45. The minimum absolute atomic E-state index is 0.0741. The van der Waals surface area contributed by atoms with E-state index in [1.165, 1.54) is 0 Å². The molecule has 0 unspecified atom stereocenters. The van der Waals surface area contributed by atoms with Gasteiger partial charge in [0.05, 0.1) is 40.3 Å². The Labute approximate surface area is 163 Å². The second kappa shape index (κ2) is 6.74. The molecule has 3 heterocycles. The first kappa shape index (κ1) is 18.2. The van der Waals surface area contributed by atoms with Crippen molar-refractivity contribution in [1.82, 2.24) is 19.7 Å². The van der Waals surface area contributed by atoms with Crippen molar-refractivity contribution >= 4 is 28.4 Å². The van der Waals surface area contributed by atoms with Crippen LogP contribution in [0.3, 0.4) is 0 Å². The number of aromatic nitrogens is 3. The Morgan fingerprint density at radius 2 is 1.93 bits per heavy atom. The molecule has 1 saturated heterocycles. The van der Waals surface area contributed by atoms with E-state index in [4.69, 9.17) is 0 Å². The molecule has 2 aromatic heterocycles. The lowest BCUT2D eigenvalue weighted by molar-refractivity contribution is -0.123. The van der Waals surface area contributed by atoms with E-state index >= 15 is 0 Å². The number of carbonyl (C=O) groups excluding carboxylic acids is 2. The molecule has 0 bridgehead atoms. The molecular weight excluding hydrogens is 354 g/mol. The van der Waals surface area contributed by atoms with Gasteiger partial charge in [0.25, 0.3) is 5.91 Å². The van der Waals surface area contributed by atoms with Crippen LogP contribution in [0.2, 0.25) is 0 Å². The van der Waals surface area contributed by atoms with E-state index in [-0.39, 0.29) is 17.7 Å². The number of amides is 2. The molecule has 2 amide bonds. The summed E-state index contributed by atoms with van der Waals surface area (Å²) in [5, 5.41) is 7.98. The number of anilines is 1. The number of rotatable bonds is 3. The number of pyridine rings is 1. The normalized spacial score (nSPS) is 14.2. The summed E-state index contributed by atoms with van der Waals surface area (Å²) in [5.74, 6) is -0.362. The molecule has 4 rings (SSSR count). The van der Waals surface area contributed by atoms with E-state index in [0.717, 1.165) is 22.2 Å². The summed E-state index contributed by atoms with van der Waals surface area (Å²) in [5.41, 5.74) is 4.93. The molecule has 1 N–H and O–H groups in total. The topological polar surface area (TPSA) is 80.1 Å². The molecule has 1 aliphatic rings. The van der Waals surface area contributed by atoms with E-state index in [0.29, 0.717) is 30.0 Å². The van der Waals surface area contributed by atoms with Gasteiger partial charge in [0.1, 0.15) is 0 Å². The lowest BCUT2D eigenvalue weighted by atomic mass is 9.97. The first-order chi connectivity index (χ1) is 13.3. The second-order valence-electron chi connectivity index (χ2n) is 7.43. The van der Waals surface area contributed by atoms with Crippen LogP contribution in [0.1, 0.15) is 27.3 Å². The van der Waals surface area contributed by atoms with Gasteiger partial charge in [-0.25, -0.2) is 0 Å². The lowest BCUT2D eigenvalue weighted by Crippen LogP contribution is -2.54. The van der Waals surface area contributed by atoms with Gasteiger partial charge >= 0.3 is 0 Å². The van der Waals surface area contributed by atoms with Gasteiger partial charge in [-0.3, -0.25) is 19.3 Å². The van der Waals surface area contributed by atoms with Crippen molar-refractivity contribution in [1.29, 1.82) is 0 Å². The monoisotopic (exact) mass is 377 g/mol. The third kappa shape index (κ3) is 3.02. The maximum absolute atomic E-state index is 12.9. The Morgan fingerprint density at radius 3 is 2.61 bits per heavy atom. The molecule has 1 fully saturated rings. The number of nitrogens with zero attached hydrogens (tertiary/aromatic N) is 4. The third-order valence-electron chi connectivity index (χ3n) is 5.50. The zero-order chi connectivity index (χ0) is 20.0. The molecule has 28 heavy (non-hydrogen) atoms. The molecule has 1 aliphatic heterocycles. The number of hydrogen-bond acceptors (Lipinski definition) is 4. The fraction of sp³-hybridized carbons (Fsp3) is 0.333. The second-order valence-corrected chi connectivity index (χ2v) is 7.43. The lowest BCUT2D eigenvalue weighted by Gasteiger charge is -2.38. The van der Waals surface area contributed by atoms with E-state index in [1.807, 2.05) is 52.1 Å². The number of carbonyl (C=O) groups is 2. The molecule has 144 valence electrons. The summed E-state index contributed by atoms with van der Waals surface area (Å²) in [6.45, 7) is 6.59. The van der Waals surface area contributed by atoms with Crippen LogP contribution in [-0.4, -0.2) is 44.6 Å². The fourth-order valence-corrected chi connectivity index (χ4v) is 3.49. The number of nitrogens with one attached hydrogen (secondary N) is 1. The summed E-state index contributed by atoms with van der Waals surface area (Å²) in [7, 11) is 1.83. The fourth-order valence-electron chi connectivity index (χ4n) is 3.49. The summed E-state index contributed by atoms with van der Waals surface area (Å²) in [6, 6.07) is 7.85. The summed E-state index contributed by atoms with van der Waals surface area (Å²) < 4.78 is 1.71. The Hall–Kier alpha value is -3.22. The molecule has 1 aromatic carbocycles. The quantitative estimate of drug-likeness (QED) is 0.761. The zero-order valence-electron chi connectivity index (χ0n) is 16.5. The van der Waals surface area contributed by atoms with Crippen LogP contribution in [0, 0.1) is 26.7 Å². The molecule has 3 aromatic rings. The van der Waals surface area contributed by atoms with Gasteiger partial charge in [0.2, 0.25) is 5.91 Å². The van der Waals surface area contributed by atoms with Gasteiger partial charge in [0, 0.05) is 25.5 Å². The number of para-hydroxylation sites is 1. The van der Waals surface area contributed by atoms with Gasteiger partial charge in [0.15, 0.2) is 0 Å². The van der Waals surface area contributed by atoms with Crippen molar-refractivity contribution in [3.8, 4) is 0 Å². The van der Waals surface area contributed by atoms with E-state index < -0.39 is 0 Å². The van der Waals surface area contributed by atoms with Crippen molar-refractivity contribution in [3.63, 3.8) is 0 Å². The van der Waals surface area contributed by atoms with Gasteiger partial charge in [-0.05, 0) is 32.4 Å². The van der Waals surface area contributed by atoms with E-state index in [9.17, 15) is 9.59 Å². The van der Waals surface area contributed by atoms with Crippen LogP contribution in [0.4, 0.5) is 5.69 Å². The molecular formula is C21H23N5O2. The minimum Gasteiger partial charge on any atom is -0.337 e. The molecule has 7 heteroatoms. The highest BCUT2D eigenvalue weighted by Crippen LogP contribution is 2.25. The van der Waals surface area contributed by atoms with Crippen molar-refractivity contribution < 1.29 is 9.59 Å². The van der Waals surface area contributed by atoms with Crippen molar-refractivity contribution in [2.75, 3.05) is 18.4 Å². The Kier molecular flexibility index (Phi) is 4.37. The van der Waals surface area contributed by atoms with E-state index in [2.05, 4.69) is 15.4 Å². The number of benzene rings is 1. The van der Waals surface area contributed by atoms with Crippen molar-refractivity contribution in [3.05, 3.63) is 53.0 Å². The maximum atomic E-state index is 12.9. The van der Waals surface area contributed by atoms with E-state index in [1.54, 1.807) is 15.8 Å². The smallest absolute Gasteiger partial charge is 0.255 e. The molecule has 0 radical (unpaired) electrons. The average molecular weight is 377 g/mol. The van der Waals surface area contributed by atoms with Crippen LogP contribution in [0.5, 0.6) is 0 Å². The molecule has 0 saturated carbocycles. The highest BCUT2D eigenvalue weighted by molar-refractivity contribution is 6.01. The average Bonchev–Trinajstić information content (AvgIpc) is 2.93. The zero-order valence-corrected chi connectivity index (χ0v) is 16.5. The van der Waals surface area contributed by atoms with Crippen LogP contribution in [0.15, 0.2) is 30.5 Å². The first-order valence-electron chi connectivity index (χ1n) is 9.31. The van der Waals surface area contributed by atoms with Gasteiger partial charge in [-0.15, -0.1) is 0 Å². The number of likely N-dealkylation sites (tertiary alicyclic amines) is 1. The van der Waals surface area contributed by atoms with Crippen LogP contribution >= 0.6 is 0 Å². The Morgan fingerprint density at radius 1 is 1.18 bits per heavy atom. The van der Waals surface area contributed by atoms with Crippen molar-refractivity contribution in [2.24, 2.45) is 13.0 Å². The van der Waals surface area contributed by atoms with Crippen molar-refractivity contribution in [2.45, 2.75) is 20.8 Å². The van der Waals surface area contributed by atoms with Gasteiger partial charge < -0.3 is 10.2 Å². The minimum atomic E-state index is -0.209. The summed E-state index contributed by atoms with van der Waals surface area (Å²) >= 11 is 0. The molecule has 0 spiro atoms. The standard InChI is InChI=1S/C21H23N5O2/c1-12-6-5-7-15-8-17(13(2)23-19(12)15)21(28)26-10-16(11-26)20(27)24-18-9-22-25(4)14(18)3/h5-9,16H,10-11H2,1-4H3,(H,24,27). The third-order valence-corrected chi connectivity index (χ3v) is 5.50.